The second kappa shape index (κ2) is 9.02. The fourth-order valence-electron chi connectivity index (χ4n) is 2.64. The molecule has 1 unspecified atom stereocenters. The molecule has 5 nitrogen and oxygen atoms in total. The van der Waals surface area contributed by atoms with Crippen LogP contribution in [-0.4, -0.2) is 27.1 Å². The van der Waals surface area contributed by atoms with Crippen LogP contribution in [0.4, 0.5) is 18.9 Å². The number of thiazole rings is 1. The zero-order valence-electron chi connectivity index (χ0n) is 15.6. The maximum atomic E-state index is 12.5. The van der Waals surface area contributed by atoms with Gasteiger partial charge in [0.1, 0.15) is 16.4 Å². The number of aromatic nitrogens is 2. The van der Waals surface area contributed by atoms with Crippen LogP contribution in [0.2, 0.25) is 0 Å². The van der Waals surface area contributed by atoms with Gasteiger partial charge >= 0.3 is 5.51 Å². The molecular formula is C19H18F3N3O2S2. The van der Waals surface area contributed by atoms with Gasteiger partial charge in [-0.1, -0.05) is 19.4 Å². The van der Waals surface area contributed by atoms with Crippen LogP contribution in [0.3, 0.4) is 0 Å². The Balaban J connectivity index is 1.86. The summed E-state index contributed by atoms with van der Waals surface area (Å²) in [5.41, 5.74) is -1.58. The summed E-state index contributed by atoms with van der Waals surface area (Å²) in [5.74, 6) is 0.142. The third-order valence-electron chi connectivity index (χ3n) is 3.98. The van der Waals surface area contributed by atoms with E-state index in [4.69, 9.17) is 4.74 Å². The fourth-order valence-corrected chi connectivity index (χ4v) is 3.95. The van der Waals surface area contributed by atoms with E-state index in [0.717, 1.165) is 29.1 Å². The number of methoxy groups -OCH3 is 1. The van der Waals surface area contributed by atoms with Crippen LogP contribution >= 0.6 is 11.3 Å². The number of anilines is 1. The highest BCUT2D eigenvalue weighted by molar-refractivity contribution is 7.93. The van der Waals surface area contributed by atoms with Crippen LogP contribution in [-0.2, 0) is 17.8 Å². The lowest BCUT2D eigenvalue weighted by Crippen LogP contribution is -2.30. The Morgan fingerprint density at radius 2 is 2.00 bits per heavy atom. The number of rotatable bonds is 7. The molecule has 0 saturated heterocycles. The van der Waals surface area contributed by atoms with Gasteiger partial charge in [-0.05, 0) is 30.7 Å². The summed E-state index contributed by atoms with van der Waals surface area (Å²) in [5, 5.41) is 2.68. The van der Waals surface area contributed by atoms with Crippen LogP contribution in [0.15, 0.2) is 41.9 Å². The second-order valence-corrected chi connectivity index (χ2v) is 8.12. The van der Waals surface area contributed by atoms with Crippen molar-refractivity contribution >= 4 is 28.4 Å². The summed E-state index contributed by atoms with van der Waals surface area (Å²) in [4.78, 5) is 8.97. The largest absolute Gasteiger partial charge is 0.598 e. The quantitative estimate of drug-likeness (QED) is 0.495. The van der Waals surface area contributed by atoms with Crippen molar-refractivity contribution in [1.29, 1.82) is 0 Å². The summed E-state index contributed by atoms with van der Waals surface area (Å²) < 4.78 is 56.0. The van der Waals surface area contributed by atoms with Crippen molar-refractivity contribution in [2.75, 3.05) is 11.8 Å². The van der Waals surface area contributed by atoms with Gasteiger partial charge in [-0.3, -0.25) is 4.98 Å². The molecule has 0 radical (unpaired) electrons. The summed E-state index contributed by atoms with van der Waals surface area (Å²) in [6.45, 7) is 2.09. The maximum Gasteiger partial charge on any atom is 0.598 e. The predicted molar refractivity (Wildman–Crippen MR) is 109 cm³/mol. The lowest BCUT2D eigenvalue weighted by atomic mass is 10.1. The Bertz CT molecular complexity index is 979. The molecule has 0 spiro atoms. The molecular weight excluding hydrogens is 423 g/mol. The molecule has 0 fully saturated rings. The number of nitrogens with zero attached hydrogens (tertiary/aromatic N) is 2. The molecule has 1 N–H and O–H groups in total. The number of pyridine rings is 1. The van der Waals surface area contributed by atoms with Crippen molar-refractivity contribution in [1.82, 2.24) is 9.97 Å². The highest BCUT2D eigenvalue weighted by Crippen LogP contribution is 2.35. The molecule has 0 bridgehead atoms. The third-order valence-corrected chi connectivity index (χ3v) is 5.70. The molecule has 3 aromatic rings. The number of halogens is 3. The molecule has 3 rings (SSSR count). The standard InChI is InChI=1S/C19H18F3N3O2S2/c1-3-4-14-9-13(7-8-23-14)18-24-16(11-28-18)12-5-6-15(17(10-12)27-2)25-29(26)19(20,21)22/h5-11,25H,3-4H2,1-2H3. The number of alkyl halides is 3. The average molecular weight is 442 g/mol. The number of aryl methyl sites for hydroxylation is 1. The van der Waals surface area contributed by atoms with Gasteiger partial charge in [0.25, 0.3) is 0 Å². The lowest BCUT2D eigenvalue weighted by molar-refractivity contribution is -0.0428. The van der Waals surface area contributed by atoms with Crippen LogP contribution in [0.25, 0.3) is 21.8 Å². The minimum atomic E-state index is -4.87. The molecule has 10 heteroatoms. The predicted octanol–water partition coefficient (Wildman–Crippen LogP) is 5.43. The van der Waals surface area contributed by atoms with Crippen molar-refractivity contribution in [3.05, 3.63) is 47.6 Å². The Morgan fingerprint density at radius 1 is 1.21 bits per heavy atom. The molecule has 0 saturated carbocycles. The van der Waals surface area contributed by atoms with Crippen LogP contribution in [0.5, 0.6) is 5.75 Å². The van der Waals surface area contributed by atoms with E-state index in [0.29, 0.717) is 11.3 Å². The normalized spacial score (nSPS) is 12.6. The van der Waals surface area contributed by atoms with Crippen LogP contribution in [0, 0.1) is 0 Å². The average Bonchev–Trinajstić information content (AvgIpc) is 3.18. The molecule has 1 atom stereocenters. The van der Waals surface area contributed by atoms with Gasteiger partial charge in [-0.2, -0.15) is 4.72 Å². The zero-order chi connectivity index (χ0) is 21.0. The Kier molecular flexibility index (Phi) is 6.66. The van der Waals surface area contributed by atoms with Crippen LogP contribution < -0.4 is 9.46 Å². The summed E-state index contributed by atoms with van der Waals surface area (Å²) in [7, 11) is 1.33. The highest BCUT2D eigenvalue weighted by Gasteiger charge is 2.46. The van der Waals surface area contributed by atoms with Crippen molar-refractivity contribution in [3.63, 3.8) is 0 Å². The molecule has 29 heavy (non-hydrogen) atoms. The Labute approximate surface area is 173 Å². The smallest absolute Gasteiger partial charge is 0.586 e. The van der Waals surface area contributed by atoms with Gasteiger partial charge in [0.05, 0.1) is 12.8 Å². The van der Waals surface area contributed by atoms with Gasteiger partial charge in [0.15, 0.2) is 11.4 Å². The molecule has 2 aromatic heterocycles. The van der Waals surface area contributed by atoms with E-state index in [-0.39, 0.29) is 11.4 Å². The van der Waals surface area contributed by atoms with Crippen LogP contribution in [0.1, 0.15) is 19.0 Å². The van der Waals surface area contributed by atoms with Crippen molar-refractivity contribution in [2.24, 2.45) is 0 Å². The van der Waals surface area contributed by atoms with Gasteiger partial charge < -0.3 is 9.29 Å². The molecule has 0 aliphatic heterocycles. The lowest BCUT2D eigenvalue weighted by Gasteiger charge is -2.15. The van der Waals surface area contributed by atoms with E-state index in [1.807, 2.05) is 22.2 Å². The van der Waals surface area contributed by atoms with Crippen molar-refractivity contribution in [3.8, 4) is 27.6 Å². The van der Waals surface area contributed by atoms with Gasteiger partial charge in [-0.15, -0.1) is 24.5 Å². The van der Waals surface area contributed by atoms with Crippen molar-refractivity contribution in [2.45, 2.75) is 25.3 Å². The minimum absolute atomic E-state index is 0.0132. The molecule has 0 amide bonds. The Morgan fingerprint density at radius 3 is 2.69 bits per heavy atom. The number of nitrogens with one attached hydrogen (secondary N) is 1. The monoisotopic (exact) mass is 441 g/mol. The number of hydrogen-bond acceptors (Lipinski definition) is 6. The van der Waals surface area contributed by atoms with E-state index >= 15 is 0 Å². The van der Waals surface area contributed by atoms with E-state index in [9.17, 15) is 17.7 Å². The molecule has 0 aliphatic rings. The topological polar surface area (TPSA) is 70.1 Å². The zero-order valence-corrected chi connectivity index (χ0v) is 17.2. The second-order valence-electron chi connectivity index (χ2n) is 6.06. The van der Waals surface area contributed by atoms with Gasteiger partial charge in [0.2, 0.25) is 0 Å². The van der Waals surface area contributed by atoms with Gasteiger partial charge in [-0.25, -0.2) is 4.98 Å². The van der Waals surface area contributed by atoms with Crippen molar-refractivity contribution < 1.29 is 22.5 Å². The summed E-state index contributed by atoms with van der Waals surface area (Å²) in [6.07, 6.45) is 3.64. The first-order valence-corrected chi connectivity index (χ1v) is 10.7. The first-order valence-electron chi connectivity index (χ1n) is 8.66. The first-order chi connectivity index (χ1) is 13.8. The molecule has 1 aromatic carbocycles. The van der Waals surface area contributed by atoms with E-state index in [1.165, 1.54) is 24.5 Å². The van der Waals surface area contributed by atoms with E-state index < -0.39 is 16.9 Å². The van der Waals surface area contributed by atoms with Gasteiger partial charge in [0, 0.05) is 28.4 Å². The molecule has 2 heterocycles. The number of ether oxygens (including phenoxy) is 1. The number of hydrogen-bond donors (Lipinski definition) is 1. The summed E-state index contributed by atoms with van der Waals surface area (Å²) in [6, 6.07) is 8.45. The summed E-state index contributed by atoms with van der Waals surface area (Å²) >= 11 is -1.76. The minimum Gasteiger partial charge on any atom is -0.586 e. The molecule has 154 valence electrons. The third kappa shape index (κ3) is 5.20. The first kappa shape index (κ1) is 21.4. The SMILES string of the molecule is CCCc1cc(-c2nc(-c3ccc(N[S+]([O-])C(F)(F)F)c(OC)c3)cs2)ccn1. The molecule has 0 aliphatic carbocycles. The maximum absolute atomic E-state index is 12.5. The Hall–Kier alpha value is -2.30. The number of benzene rings is 1. The van der Waals surface area contributed by atoms with E-state index in [2.05, 4.69) is 16.9 Å². The fraction of sp³-hybridized carbons (Fsp3) is 0.263. The van der Waals surface area contributed by atoms with E-state index in [1.54, 1.807) is 18.3 Å². The highest BCUT2D eigenvalue weighted by atomic mass is 32.2.